The van der Waals surface area contributed by atoms with E-state index in [9.17, 15) is 0 Å². The van der Waals surface area contributed by atoms with Crippen molar-refractivity contribution in [3.8, 4) is 0 Å². The third-order valence-corrected chi connectivity index (χ3v) is 3.33. The molecule has 3 heteroatoms. The highest BCUT2D eigenvalue weighted by molar-refractivity contribution is 4.69. The molecule has 0 amide bonds. The Morgan fingerprint density at radius 3 is 2.00 bits per heavy atom. The summed E-state index contributed by atoms with van der Waals surface area (Å²) in [4.78, 5) is 4.85. The van der Waals surface area contributed by atoms with E-state index in [1.165, 1.54) is 51.9 Å². The molecule has 1 N–H and O–H groups in total. The van der Waals surface area contributed by atoms with E-state index in [4.69, 9.17) is 0 Å². The molecule has 19 heavy (non-hydrogen) atoms. The van der Waals surface area contributed by atoms with Gasteiger partial charge in [0.1, 0.15) is 0 Å². The molecule has 3 nitrogen and oxygen atoms in total. The van der Waals surface area contributed by atoms with E-state index in [1.807, 2.05) is 0 Å². The highest BCUT2D eigenvalue weighted by Gasteiger charge is 2.07. The number of rotatable bonds is 11. The lowest BCUT2D eigenvalue weighted by molar-refractivity contribution is 0.260. The van der Waals surface area contributed by atoms with E-state index in [0.29, 0.717) is 0 Å². The summed E-state index contributed by atoms with van der Waals surface area (Å²) >= 11 is 0. The standard InChI is InChI=1S/C16H37N3/c1-7-19(15-11-13-18(5)6)14-10-8-9-12-17-16(2,3)4/h17H,7-15H2,1-6H3. The first-order chi connectivity index (χ1) is 8.85. The van der Waals surface area contributed by atoms with Crippen molar-refractivity contribution in [2.75, 3.05) is 46.8 Å². The Balaban J connectivity index is 3.46. The van der Waals surface area contributed by atoms with Crippen molar-refractivity contribution >= 4 is 0 Å². The van der Waals surface area contributed by atoms with Crippen LogP contribution in [0.1, 0.15) is 53.4 Å². The smallest absolute Gasteiger partial charge is 0.00965 e. The summed E-state index contributed by atoms with van der Waals surface area (Å²) in [7, 11) is 4.30. The molecule has 0 aliphatic carbocycles. The van der Waals surface area contributed by atoms with Gasteiger partial charge < -0.3 is 15.1 Å². The van der Waals surface area contributed by atoms with Gasteiger partial charge in [-0.2, -0.15) is 0 Å². The van der Waals surface area contributed by atoms with E-state index in [2.05, 4.69) is 56.9 Å². The molecule has 0 unspecified atom stereocenters. The van der Waals surface area contributed by atoms with Gasteiger partial charge >= 0.3 is 0 Å². The average Bonchev–Trinajstić information content (AvgIpc) is 2.29. The Labute approximate surface area is 121 Å². The molecule has 0 heterocycles. The van der Waals surface area contributed by atoms with Crippen molar-refractivity contribution in [2.24, 2.45) is 0 Å². The van der Waals surface area contributed by atoms with Crippen LogP contribution in [0, 0.1) is 0 Å². The van der Waals surface area contributed by atoms with Crippen LogP contribution in [-0.4, -0.2) is 62.2 Å². The fourth-order valence-corrected chi connectivity index (χ4v) is 2.14. The average molecular weight is 271 g/mol. The Morgan fingerprint density at radius 1 is 0.842 bits per heavy atom. The van der Waals surface area contributed by atoms with Crippen molar-refractivity contribution in [3.05, 3.63) is 0 Å². The molecule has 0 spiro atoms. The van der Waals surface area contributed by atoms with Crippen molar-refractivity contribution in [2.45, 2.75) is 58.9 Å². The molecule has 0 bridgehead atoms. The van der Waals surface area contributed by atoms with Gasteiger partial charge in [0.15, 0.2) is 0 Å². The summed E-state index contributed by atoms with van der Waals surface area (Å²) in [5, 5.41) is 3.55. The van der Waals surface area contributed by atoms with Crippen LogP contribution in [0.15, 0.2) is 0 Å². The molecule has 0 aliphatic heterocycles. The Morgan fingerprint density at radius 2 is 1.47 bits per heavy atom. The van der Waals surface area contributed by atoms with Crippen LogP contribution < -0.4 is 5.32 Å². The van der Waals surface area contributed by atoms with Gasteiger partial charge in [-0.05, 0) is 86.9 Å². The number of nitrogens with one attached hydrogen (secondary N) is 1. The van der Waals surface area contributed by atoms with Gasteiger partial charge in [-0.3, -0.25) is 0 Å². The van der Waals surface area contributed by atoms with Crippen molar-refractivity contribution in [1.29, 1.82) is 0 Å². The maximum Gasteiger partial charge on any atom is 0.00965 e. The van der Waals surface area contributed by atoms with E-state index >= 15 is 0 Å². The minimum Gasteiger partial charge on any atom is -0.312 e. The molecule has 0 saturated carbocycles. The third kappa shape index (κ3) is 14.1. The lowest BCUT2D eigenvalue weighted by Crippen LogP contribution is -2.36. The molecule has 0 aromatic heterocycles. The van der Waals surface area contributed by atoms with Crippen LogP contribution in [-0.2, 0) is 0 Å². The summed E-state index contributed by atoms with van der Waals surface area (Å²) in [5.41, 5.74) is 0.266. The largest absolute Gasteiger partial charge is 0.312 e. The first-order valence-electron chi connectivity index (χ1n) is 7.97. The van der Waals surface area contributed by atoms with E-state index in [1.54, 1.807) is 0 Å². The second kappa shape index (κ2) is 10.6. The minimum absolute atomic E-state index is 0.266. The van der Waals surface area contributed by atoms with E-state index in [0.717, 1.165) is 6.54 Å². The monoisotopic (exact) mass is 271 g/mol. The molecule has 116 valence electrons. The fourth-order valence-electron chi connectivity index (χ4n) is 2.14. The second-order valence-electron chi connectivity index (χ2n) is 6.83. The quantitative estimate of drug-likeness (QED) is 0.583. The lowest BCUT2D eigenvalue weighted by Gasteiger charge is -2.22. The topological polar surface area (TPSA) is 18.5 Å². The Bertz CT molecular complexity index is 197. The van der Waals surface area contributed by atoms with Crippen LogP contribution >= 0.6 is 0 Å². The zero-order valence-corrected chi connectivity index (χ0v) is 14.3. The van der Waals surface area contributed by atoms with Crippen LogP contribution in [0.5, 0.6) is 0 Å². The zero-order chi connectivity index (χ0) is 14.7. The molecule has 0 aromatic carbocycles. The molecule has 0 aromatic rings. The van der Waals surface area contributed by atoms with Gasteiger partial charge in [-0.15, -0.1) is 0 Å². The van der Waals surface area contributed by atoms with Gasteiger partial charge in [0.25, 0.3) is 0 Å². The first kappa shape index (κ1) is 18.9. The predicted octanol–water partition coefficient (Wildman–Crippen LogP) is 2.82. The molecular weight excluding hydrogens is 234 g/mol. The summed E-state index contributed by atoms with van der Waals surface area (Å²) in [6.07, 6.45) is 5.26. The lowest BCUT2D eigenvalue weighted by atomic mass is 10.1. The number of nitrogens with zero attached hydrogens (tertiary/aromatic N) is 2. The highest BCUT2D eigenvalue weighted by Crippen LogP contribution is 2.02. The maximum absolute atomic E-state index is 3.55. The van der Waals surface area contributed by atoms with Gasteiger partial charge in [0.05, 0.1) is 0 Å². The second-order valence-corrected chi connectivity index (χ2v) is 6.83. The van der Waals surface area contributed by atoms with Crippen LogP contribution in [0.3, 0.4) is 0 Å². The first-order valence-corrected chi connectivity index (χ1v) is 7.97. The number of unbranched alkanes of at least 4 members (excludes halogenated alkanes) is 2. The molecule has 0 radical (unpaired) electrons. The summed E-state index contributed by atoms with van der Waals surface area (Å²) < 4.78 is 0. The van der Waals surface area contributed by atoms with Crippen molar-refractivity contribution in [1.82, 2.24) is 15.1 Å². The summed E-state index contributed by atoms with van der Waals surface area (Å²) in [6, 6.07) is 0. The predicted molar refractivity (Wildman–Crippen MR) is 86.9 cm³/mol. The van der Waals surface area contributed by atoms with Gasteiger partial charge in [0, 0.05) is 5.54 Å². The molecule has 0 saturated heterocycles. The molecule has 0 aliphatic rings. The maximum atomic E-state index is 3.55. The molecule has 0 atom stereocenters. The summed E-state index contributed by atoms with van der Waals surface area (Å²) in [6.45, 7) is 15.0. The van der Waals surface area contributed by atoms with Crippen LogP contribution in [0.4, 0.5) is 0 Å². The highest BCUT2D eigenvalue weighted by atomic mass is 15.1. The molecular formula is C16H37N3. The van der Waals surface area contributed by atoms with E-state index < -0.39 is 0 Å². The van der Waals surface area contributed by atoms with Crippen molar-refractivity contribution < 1.29 is 0 Å². The molecule has 0 rings (SSSR count). The number of hydrogen-bond acceptors (Lipinski definition) is 3. The van der Waals surface area contributed by atoms with Crippen LogP contribution in [0.2, 0.25) is 0 Å². The van der Waals surface area contributed by atoms with Gasteiger partial charge in [-0.25, -0.2) is 0 Å². The van der Waals surface area contributed by atoms with Crippen LogP contribution in [0.25, 0.3) is 0 Å². The van der Waals surface area contributed by atoms with Gasteiger partial charge in [0.2, 0.25) is 0 Å². The molecule has 0 fully saturated rings. The normalized spacial score (nSPS) is 12.6. The zero-order valence-electron chi connectivity index (χ0n) is 14.3. The fraction of sp³-hybridized carbons (Fsp3) is 1.00. The van der Waals surface area contributed by atoms with Crippen molar-refractivity contribution in [3.63, 3.8) is 0 Å². The van der Waals surface area contributed by atoms with E-state index in [-0.39, 0.29) is 5.54 Å². The third-order valence-electron chi connectivity index (χ3n) is 3.33. The summed E-state index contributed by atoms with van der Waals surface area (Å²) in [5.74, 6) is 0. The Hall–Kier alpha value is -0.120. The minimum atomic E-state index is 0.266. The van der Waals surface area contributed by atoms with Gasteiger partial charge in [-0.1, -0.05) is 13.3 Å². The Kier molecular flexibility index (Phi) is 10.6. The number of hydrogen-bond donors (Lipinski definition) is 1. The SMILES string of the molecule is CCN(CCCCCNC(C)(C)C)CCCN(C)C.